The minimum atomic E-state index is -2.52. The number of hydrogen-bond acceptors (Lipinski definition) is 4. The summed E-state index contributed by atoms with van der Waals surface area (Å²) >= 11 is 0.407. The first-order valence-electron chi connectivity index (χ1n) is 8.59. The van der Waals surface area contributed by atoms with Gasteiger partial charge in [0.05, 0.1) is 0 Å². The van der Waals surface area contributed by atoms with Crippen LogP contribution >= 0.6 is 11.8 Å². The molecule has 0 aliphatic carbocycles. The number of halogens is 2. The smallest absolute Gasteiger partial charge is 0.325 e. The third-order valence-corrected chi connectivity index (χ3v) is 4.95. The highest BCUT2D eigenvalue weighted by molar-refractivity contribution is 7.99. The molecule has 27 heavy (non-hydrogen) atoms. The summed E-state index contributed by atoms with van der Waals surface area (Å²) in [7, 11) is 0. The number of urea groups is 1. The Morgan fingerprint density at radius 1 is 1.26 bits per heavy atom. The second-order valence-electron chi connectivity index (χ2n) is 7.04. The van der Waals surface area contributed by atoms with Gasteiger partial charge in [0.25, 0.3) is 11.7 Å². The van der Waals surface area contributed by atoms with Gasteiger partial charge in [-0.05, 0) is 49.9 Å². The summed E-state index contributed by atoms with van der Waals surface area (Å²) in [5, 5.41) is 5.22. The molecule has 0 saturated carbocycles. The van der Waals surface area contributed by atoms with E-state index in [0.717, 1.165) is 11.3 Å². The van der Waals surface area contributed by atoms with Crippen molar-refractivity contribution in [1.82, 2.24) is 10.2 Å². The average Bonchev–Trinajstić information content (AvgIpc) is 2.78. The molecule has 4 amide bonds. The van der Waals surface area contributed by atoms with Crippen LogP contribution in [0.25, 0.3) is 0 Å². The van der Waals surface area contributed by atoms with Crippen LogP contribution in [0.5, 0.6) is 0 Å². The van der Waals surface area contributed by atoms with Crippen molar-refractivity contribution in [3.63, 3.8) is 0 Å². The summed E-state index contributed by atoms with van der Waals surface area (Å²) in [6, 6.07) is 5.31. The Morgan fingerprint density at radius 3 is 2.44 bits per heavy atom. The van der Waals surface area contributed by atoms with E-state index in [9.17, 15) is 23.2 Å². The molecule has 1 aliphatic heterocycles. The number of hydrogen-bond donors (Lipinski definition) is 2. The Hall–Kier alpha value is -2.16. The van der Waals surface area contributed by atoms with E-state index in [4.69, 9.17) is 0 Å². The van der Waals surface area contributed by atoms with Crippen LogP contribution < -0.4 is 10.6 Å². The molecule has 2 N–H and O–H groups in total. The van der Waals surface area contributed by atoms with Crippen molar-refractivity contribution < 1.29 is 23.2 Å². The molecule has 0 spiro atoms. The van der Waals surface area contributed by atoms with E-state index in [2.05, 4.69) is 10.6 Å². The first-order chi connectivity index (χ1) is 12.6. The van der Waals surface area contributed by atoms with E-state index in [0.29, 0.717) is 34.7 Å². The number of benzene rings is 1. The Kier molecular flexibility index (Phi) is 6.80. The first-order valence-corrected chi connectivity index (χ1v) is 9.47. The van der Waals surface area contributed by atoms with Gasteiger partial charge in [-0.1, -0.05) is 25.6 Å². The summed E-state index contributed by atoms with van der Waals surface area (Å²) in [5.74, 6) is -3.10. The van der Waals surface area contributed by atoms with Gasteiger partial charge in [0.2, 0.25) is 5.91 Å². The predicted molar refractivity (Wildman–Crippen MR) is 99.7 cm³/mol. The SMILES string of the molecule is CC(C)CC[C@]1(C)NC(=O)N(CC(=O)Nc2ccc(SC(F)F)cc2)C1=O. The highest BCUT2D eigenvalue weighted by atomic mass is 32.2. The number of anilines is 1. The average molecular weight is 399 g/mol. The number of imide groups is 1. The van der Waals surface area contributed by atoms with Crippen molar-refractivity contribution in [2.45, 2.75) is 49.8 Å². The molecule has 1 aromatic rings. The zero-order valence-corrected chi connectivity index (χ0v) is 16.2. The van der Waals surface area contributed by atoms with Crippen LogP contribution in [0.2, 0.25) is 0 Å². The molecule has 9 heteroatoms. The summed E-state index contributed by atoms with van der Waals surface area (Å²) in [5.41, 5.74) is -0.608. The molecular formula is C18H23F2N3O3S. The lowest BCUT2D eigenvalue weighted by atomic mass is 9.92. The normalized spacial score (nSPS) is 19.7. The molecule has 6 nitrogen and oxygen atoms in total. The Balaban J connectivity index is 1.95. The lowest BCUT2D eigenvalue weighted by molar-refractivity contribution is -0.133. The molecular weight excluding hydrogens is 376 g/mol. The Labute approximate surface area is 161 Å². The molecule has 1 saturated heterocycles. The number of rotatable bonds is 8. The first kappa shape index (κ1) is 21.1. The minimum absolute atomic E-state index is 0.373. The molecule has 0 radical (unpaired) electrons. The van der Waals surface area contributed by atoms with Gasteiger partial charge in [0.15, 0.2) is 0 Å². The van der Waals surface area contributed by atoms with Crippen LogP contribution in [0.4, 0.5) is 19.3 Å². The number of amides is 4. The van der Waals surface area contributed by atoms with E-state index >= 15 is 0 Å². The van der Waals surface area contributed by atoms with Crippen LogP contribution in [-0.4, -0.2) is 40.6 Å². The van der Waals surface area contributed by atoms with Crippen LogP contribution in [0.15, 0.2) is 29.2 Å². The standard InChI is InChI=1S/C18H23F2N3O3S/c1-11(2)8-9-18(3)15(25)23(17(26)22-18)10-14(24)21-12-4-6-13(7-5-12)27-16(19)20/h4-7,11,16H,8-10H2,1-3H3,(H,21,24)(H,22,26)/t18-/m0/s1. The maximum Gasteiger partial charge on any atom is 0.325 e. The van der Waals surface area contributed by atoms with Gasteiger partial charge in [-0.3, -0.25) is 14.5 Å². The third kappa shape index (κ3) is 5.66. The quantitative estimate of drug-likeness (QED) is 0.516. The van der Waals surface area contributed by atoms with Crippen LogP contribution in [0.1, 0.15) is 33.6 Å². The number of nitrogens with one attached hydrogen (secondary N) is 2. The van der Waals surface area contributed by atoms with E-state index < -0.39 is 35.7 Å². The molecule has 148 valence electrons. The molecule has 1 atom stereocenters. The molecule has 1 heterocycles. The van der Waals surface area contributed by atoms with Crippen molar-refractivity contribution in [3.8, 4) is 0 Å². The van der Waals surface area contributed by atoms with E-state index in [1.165, 1.54) is 24.3 Å². The summed E-state index contributed by atoms with van der Waals surface area (Å²) in [6.45, 7) is 5.31. The molecule has 0 unspecified atom stereocenters. The topological polar surface area (TPSA) is 78.5 Å². The van der Waals surface area contributed by atoms with Crippen molar-refractivity contribution in [2.75, 3.05) is 11.9 Å². The fourth-order valence-electron chi connectivity index (χ4n) is 2.70. The van der Waals surface area contributed by atoms with Gasteiger partial charge in [-0.2, -0.15) is 8.78 Å². The Morgan fingerprint density at radius 2 is 1.89 bits per heavy atom. The fraction of sp³-hybridized carbons (Fsp3) is 0.500. The number of carbonyl (C=O) groups excluding carboxylic acids is 3. The Bertz CT molecular complexity index is 712. The molecule has 1 aromatic carbocycles. The van der Waals surface area contributed by atoms with Gasteiger partial charge in [0.1, 0.15) is 12.1 Å². The maximum absolute atomic E-state index is 12.6. The monoisotopic (exact) mass is 399 g/mol. The fourth-order valence-corrected chi connectivity index (χ4v) is 3.20. The van der Waals surface area contributed by atoms with Gasteiger partial charge in [0, 0.05) is 10.6 Å². The lowest BCUT2D eigenvalue weighted by Crippen LogP contribution is -2.44. The minimum Gasteiger partial charge on any atom is -0.325 e. The van der Waals surface area contributed by atoms with Crippen LogP contribution in [0.3, 0.4) is 0 Å². The van der Waals surface area contributed by atoms with Crippen LogP contribution in [0, 0.1) is 5.92 Å². The number of alkyl halides is 2. The maximum atomic E-state index is 12.6. The van der Waals surface area contributed by atoms with Crippen molar-refractivity contribution >= 4 is 35.3 Å². The molecule has 0 aromatic heterocycles. The van der Waals surface area contributed by atoms with Crippen molar-refractivity contribution in [3.05, 3.63) is 24.3 Å². The van der Waals surface area contributed by atoms with Gasteiger partial charge in [-0.15, -0.1) is 0 Å². The summed E-state index contributed by atoms with van der Waals surface area (Å²) < 4.78 is 24.6. The highest BCUT2D eigenvalue weighted by Crippen LogP contribution is 2.27. The number of nitrogens with zero attached hydrogens (tertiary/aromatic N) is 1. The van der Waals surface area contributed by atoms with Crippen LogP contribution in [-0.2, 0) is 9.59 Å². The van der Waals surface area contributed by atoms with Gasteiger partial charge >= 0.3 is 6.03 Å². The lowest BCUT2D eigenvalue weighted by Gasteiger charge is -2.22. The zero-order chi connectivity index (χ0) is 20.2. The summed E-state index contributed by atoms with van der Waals surface area (Å²) in [4.78, 5) is 38.2. The second-order valence-corrected chi connectivity index (χ2v) is 8.10. The van der Waals surface area contributed by atoms with E-state index in [1.807, 2.05) is 13.8 Å². The van der Waals surface area contributed by atoms with Gasteiger partial charge in [-0.25, -0.2) is 4.79 Å². The molecule has 2 rings (SSSR count). The largest absolute Gasteiger partial charge is 0.325 e. The van der Waals surface area contributed by atoms with E-state index in [-0.39, 0.29) is 0 Å². The zero-order valence-electron chi connectivity index (χ0n) is 15.4. The van der Waals surface area contributed by atoms with Crippen molar-refractivity contribution in [2.24, 2.45) is 5.92 Å². The summed E-state index contributed by atoms with van der Waals surface area (Å²) in [6.07, 6.45) is 1.27. The third-order valence-electron chi connectivity index (χ3n) is 4.23. The molecule has 1 fully saturated rings. The second kappa shape index (κ2) is 8.69. The van der Waals surface area contributed by atoms with Crippen molar-refractivity contribution in [1.29, 1.82) is 0 Å². The predicted octanol–water partition coefficient (Wildman–Crippen LogP) is 3.69. The van der Waals surface area contributed by atoms with E-state index in [1.54, 1.807) is 6.92 Å². The number of carbonyl (C=O) groups is 3. The molecule has 1 aliphatic rings. The number of thioether (sulfide) groups is 1. The van der Waals surface area contributed by atoms with Gasteiger partial charge < -0.3 is 10.6 Å². The highest BCUT2D eigenvalue weighted by Gasteiger charge is 2.47. The molecule has 0 bridgehead atoms.